The molecule has 0 bridgehead atoms. The van der Waals surface area contributed by atoms with E-state index >= 15 is 0 Å². The second-order valence-electron chi connectivity index (χ2n) is 4.98. The van der Waals surface area contributed by atoms with E-state index in [0.29, 0.717) is 27.1 Å². The summed E-state index contributed by atoms with van der Waals surface area (Å²) in [6.45, 7) is 0. The van der Waals surface area contributed by atoms with Gasteiger partial charge in [-0.1, -0.05) is 41.4 Å². The Morgan fingerprint density at radius 2 is 1.88 bits per heavy atom. The van der Waals surface area contributed by atoms with E-state index in [4.69, 9.17) is 27.6 Å². The number of hydrogen-bond acceptors (Lipinski definition) is 2. The summed E-state index contributed by atoms with van der Waals surface area (Å²) in [6.07, 6.45) is 1.49. The lowest BCUT2D eigenvalue weighted by molar-refractivity contribution is 0.572. The van der Waals surface area contributed by atoms with Gasteiger partial charge in [0.25, 0.3) is 0 Å². The molecular weight excluding hydrogens is 348 g/mol. The maximum atomic E-state index is 13.8. The van der Waals surface area contributed by atoms with E-state index in [9.17, 15) is 9.65 Å². The zero-order chi connectivity index (χ0) is 17.1. The molecule has 1 heterocycles. The van der Waals surface area contributed by atoms with Gasteiger partial charge in [0.1, 0.15) is 17.3 Å². The van der Waals surface area contributed by atoms with Gasteiger partial charge in [0.15, 0.2) is 0 Å². The van der Waals surface area contributed by atoms with Crippen LogP contribution < -0.4 is 0 Å². The molecule has 0 atom stereocenters. The molecule has 0 fully saturated rings. The Bertz CT molecular complexity index is 969. The van der Waals surface area contributed by atoms with Gasteiger partial charge in [-0.05, 0) is 42.5 Å². The second-order valence-corrected chi connectivity index (χ2v) is 5.82. The predicted molar refractivity (Wildman–Crippen MR) is 94.0 cm³/mol. The number of nitriles is 1. The van der Waals surface area contributed by atoms with Crippen LogP contribution in [0.3, 0.4) is 0 Å². The minimum atomic E-state index is -0.460. The number of allylic oxidation sites excluding steroid dienone is 1. The van der Waals surface area contributed by atoms with Crippen molar-refractivity contribution in [3.05, 3.63) is 81.8 Å². The monoisotopic (exact) mass is 357 g/mol. The normalized spacial score (nSPS) is 11.3. The van der Waals surface area contributed by atoms with Crippen LogP contribution in [-0.4, -0.2) is 0 Å². The van der Waals surface area contributed by atoms with Crippen LogP contribution in [0.1, 0.15) is 11.3 Å². The molecule has 0 saturated heterocycles. The molecule has 0 N–H and O–H groups in total. The van der Waals surface area contributed by atoms with Crippen molar-refractivity contribution in [3.8, 4) is 17.4 Å². The molecule has 3 aromatic rings. The third-order valence-electron chi connectivity index (χ3n) is 3.39. The van der Waals surface area contributed by atoms with Crippen LogP contribution in [0.25, 0.3) is 23.0 Å². The van der Waals surface area contributed by atoms with Gasteiger partial charge >= 0.3 is 0 Å². The zero-order valence-corrected chi connectivity index (χ0v) is 13.8. The fourth-order valence-corrected chi connectivity index (χ4v) is 2.76. The topological polar surface area (TPSA) is 36.9 Å². The summed E-state index contributed by atoms with van der Waals surface area (Å²) in [6, 6.07) is 16.6. The maximum absolute atomic E-state index is 13.8. The molecule has 2 aromatic carbocycles. The molecule has 0 aliphatic rings. The van der Waals surface area contributed by atoms with E-state index in [1.54, 1.807) is 48.5 Å². The minimum Gasteiger partial charge on any atom is -0.457 e. The second kappa shape index (κ2) is 6.92. The first kappa shape index (κ1) is 16.3. The highest BCUT2D eigenvalue weighted by molar-refractivity contribution is 6.36. The summed E-state index contributed by atoms with van der Waals surface area (Å²) in [4.78, 5) is 0. The number of rotatable bonds is 3. The number of furan rings is 1. The smallest absolute Gasteiger partial charge is 0.136 e. The minimum absolute atomic E-state index is 0.177. The molecule has 0 amide bonds. The Kier molecular flexibility index (Phi) is 4.71. The van der Waals surface area contributed by atoms with Crippen molar-refractivity contribution < 1.29 is 8.81 Å². The summed E-state index contributed by atoms with van der Waals surface area (Å²) < 4.78 is 19.5. The molecule has 0 saturated carbocycles. The van der Waals surface area contributed by atoms with Crippen LogP contribution in [-0.2, 0) is 0 Å². The fraction of sp³-hybridized carbons (Fsp3) is 0. The van der Waals surface area contributed by atoms with Crippen LogP contribution in [0.4, 0.5) is 4.39 Å². The molecule has 2 nitrogen and oxygen atoms in total. The number of benzene rings is 2. The highest BCUT2D eigenvalue weighted by atomic mass is 35.5. The third-order valence-corrected chi connectivity index (χ3v) is 3.94. The van der Waals surface area contributed by atoms with Crippen LogP contribution in [0.5, 0.6) is 0 Å². The maximum Gasteiger partial charge on any atom is 0.136 e. The Labute approximate surface area is 148 Å². The molecule has 0 unspecified atom stereocenters. The van der Waals surface area contributed by atoms with E-state index in [2.05, 4.69) is 0 Å². The van der Waals surface area contributed by atoms with Gasteiger partial charge in [-0.15, -0.1) is 0 Å². The van der Waals surface area contributed by atoms with E-state index in [1.165, 1.54) is 12.1 Å². The number of nitrogens with zero attached hydrogens (tertiary/aromatic N) is 1. The predicted octanol–water partition coefficient (Wildman–Crippen LogP) is 6.46. The number of hydrogen-bond donors (Lipinski definition) is 0. The largest absolute Gasteiger partial charge is 0.457 e. The van der Waals surface area contributed by atoms with Gasteiger partial charge in [-0.2, -0.15) is 5.26 Å². The first-order valence-corrected chi connectivity index (χ1v) is 7.76. The van der Waals surface area contributed by atoms with Crippen LogP contribution in [0.2, 0.25) is 10.0 Å². The van der Waals surface area contributed by atoms with Crippen molar-refractivity contribution in [2.45, 2.75) is 0 Å². The van der Waals surface area contributed by atoms with Crippen molar-refractivity contribution in [2.75, 3.05) is 0 Å². The van der Waals surface area contributed by atoms with Gasteiger partial charge in [0, 0.05) is 16.1 Å². The van der Waals surface area contributed by atoms with E-state index < -0.39 is 5.82 Å². The van der Waals surface area contributed by atoms with Crippen LogP contribution >= 0.6 is 23.2 Å². The van der Waals surface area contributed by atoms with E-state index in [1.807, 2.05) is 6.07 Å². The molecule has 118 valence electrons. The first-order chi connectivity index (χ1) is 11.6. The van der Waals surface area contributed by atoms with Crippen molar-refractivity contribution in [2.24, 2.45) is 0 Å². The molecule has 0 aliphatic heterocycles. The van der Waals surface area contributed by atoms with Crippen LogP contribution in [0.15, 0.2) is 59.0 Å². The van der Waals surface area contributed by atoms with Crippen molar-refractivity contribution in [3.63, 3.8) is 0 Å². The SMILES string of the molecule is N#C/C(=C\c1ccc(-c2ccc(Cl)cc2Cl)o1)c1ccccc1F. The molecule has 5 heteroatoms. The zero-order valence-electron chi connectivity index (χ0n) is 12.3. The first-order valence-electron chi connectivity index (χ1n) is 7.00. The van der Waals surface area contributed by atoms with Gasteiger partial charge in [0.05, 0.1) is 16.7 Å². The molecule has 24 heavy (non-hydrogen) atoms. The van der Waals surface area contributed by atoms with Crippen molar-refractivity contribution >= 4 is 34.9 Å². The van der Waals surface area contributed by atoms with Crippen molar-refractivity contribution in [1.82, 2.24) is 0 Å². The summed E-state index contributed by atoms with van der Waals surface area (Å²) in [7, 11) is 0. The summed E-state index contributed by atoms with van der Waals surface area (Å²) >= 11 is 12.0. The Hall–Kier alpha value is -2.54. The molecule has 0 spiro atoms. The third kappa shape index (κ3) is 3.35. The molecule has 0 radical (unpaired) electrons. The van der Waals surface area contributed by atoms with Gasteiger partial charge < -0.3 is 4.42 Å². The lowest BCUT2D eigenvalue weighted by atomic mass is 10.1. The Balaban J connectivity index is 1.98. The fourth-order valence-electron chi connectivity index (χ4n) is 2.26. The lowest BCUT2D eigenvalue weighted by Crippen LogP contribution is -1.86. The van der Waals surface area contributed by atoms with Gasteiger partial charge in [-0.3, -0.25) is 0 Å². The summed E-state index contributed by atoms with van der Waals surface area (Å²) in [5.41, 5.74) is 1.09. The van der Waals surface area contributed by atoms with E-state index in [0.717, 1.165) is 0 Å². The molecular formula is C19H10Cl2FNO. The molecule has 3 rings (SSSR count). The van der Waals surface area contributed by atoms with E-state index in [-0.39, 0.29) is 11.1 Å². The Morgan fingerprint density at radius 1 is 1.08 bits per heavy atom. The average Bonchev–Trinajstić information content (AvgIpc) is 3.01. The molecule has 1 aromatic heterocycles. The molecule has 0 aliphatic carbocycles. The highest BCUT2D eigenvalue weighted by Gasteiger charge is 2.11. The highest BCUT2D eigenvalue weighted by Crippen LogP contribution is 2.32. The van der Waals surface area contributed by atoms with Crippen LogP contribution in [0, 0.1) is 17.1 Å². The lowest BCUT2D eigenvalue weighted by Gasteiger charge is -2.01. The summed E-state index contributed by atoms with van der Waals surface area (Å²) in [5, 5.41) is 10.3. The summed E-state index contributed by atoms with van der Waals surface area (Å²) in [5.74, 6) is 0.502. The quantitative estimate of drug-likeness (QED) is 0.504. The van der Waals surface area contributed by atoms with Gasteiger partial charge in [-0.25, -0.2) is 4.39 Å². The average molecular weight is 358 g/mol. The Morgan fingerprint density at radius 3 is 2.58 bits per heavy atom. The standard InChI is InChI=1S/C19H10Cl2FNO/c20-13-5-7-16(17(21)10-13)19-8-6-14(24-19)9-12(11-23)15-3-1-2-4-18(15)22/h1-10H/b12-9+. The van der Waals surface area contributed by atoms with Gasteiger partial charge in [0.2, 0.25) is 0 Å². The number of halogens is 3. The van der Waals surface area contributed by atoms with Crippen molar-refractivity contribution in [1.29, 1.82) is 5.26 Å².